The van der Waals surface area contributed by atoms with Crippen LogP contribution in [0.4, 0.5) is 22.0 Å². The van der Waals surface area contributed by atoms with Gasteiger partial charge in [0.15, 0.2) is 5.76 Å². The molecule has 0 bridgehead atoms. The standard InChI is InChI=1S/C27H36FN11O2/c1-18(17-35(2)3)30-24(40)19-7-8-21(20(28)16-19)38-13-11-37(12-14-38)10-9-36(4)26-32-25(29)39-27(33-26)31-23(34-39)22-6-5-15-41-22/h5-8,15-16,18H,9-14,17H2,1-4H3,(H,30,40)(H2,29,31,32,33,34). The third-order valence-corrected chi connectivity index (χ3v) is 7.00. The minimum absolute atomic E-state index is 0.0398. The number of rotatable bonds is 10. The van der Waals surface area contributed by atoms with Crippen LogP contribution in [0.5, 0.6) is 0 Å². The summed E-state index contributed by atoms with van der Waals surface area (Å²) < 4.78 is 21.8. The molecule has 1 aliphatic rings. The van der Waals surface area contributed by atoms with Crippen molar-refractivity contribution in [3.8, 4) is 11.6 Å². The molecule has 1 unspecified atom stereocenters. The fraction of sp³-hybridized carbons (Fsp3) is 0.444. The number of nitrogens with one attached hydrogen (secondary N) is 1. The molecule has 0 radical (unpaired) electrons. The Morgan fingerprint density at radius 1 is 1.15 bits per heavy atom. The molecular formula is C27H36FN11O2. The van der Waals surface area contributed by atoms with Gasteiger partial charge in [0.2, 0.25) is 17.7 Å². The zero-order valence-corrected chi connectivity index (χ0v) is 23.8. The van der Waals surface area contributed by atoms with E-state index in [0.29, 0.717) is 60.7 Å². The summed E-state index contributed by atoms with van der Waals surface area (Å²) >= 11 is 0. The van der Waals surface area contributed by atoms with Crippen LogP contribution in [-0.2, 0) is 0 Å². The zero-order chi connectivity index (χ0) is 29.1. The van der Waals surface area contributed by atoms with Crippen LogP contribution in [-0.4, -0.2) is 113 Å². The van der Waals surface area contributed by atoms with Crippen molar-refractivity contribution in [1.29, 1.82) is 0 Å². The third-order valence-electron chi connectivity index (χ3n) is 7.00. The average molecular weight is 566 g/mol. The Balaban J connectivity index is 1.13. The Morgan fingerprint density at radius 3 is 2.61 bits per heavy atom. The van der Waals surface area contributed by atoms with E-state index < -0.39 is 0 Å². The Kier molecular flexibility index (Phi) is 8.31. The van der Waals surface area contributed by atoms with Crippen molar-refractivity contribution in [2.75, 3.05) is 82.5 Å². The van der Waals surface area contributed by atoms with E-state index in [-0.39, 0.29) is 23.7 Å². The second-order valence-corrected chi connectivity index (χ2v) is 10.6. The molecule has 0 saturated carbocycles. The normalized spacial score (nSPS) is 15.0. The first kappa shape index (κ1) is 28.2. The monoisotopic (exact) mass is 565 g/mol. The van der Waals surface area contributed by atoms with Gasteiger partial charge in [0.25, 0.3) is 11.7 Å². The molecule has 1 saturated heterocycles. The maximum absolute atomic E-state index is 15.0. The first-order valence-corrected chi connectivity index (χ1v) is 13.6. The van der Waals surface area contributed by atoms with Gasteiger partial charge in [-0.2, -0.15) is 19.5 Å². The van der Waals surface area contributed by atoms with Gasteiger partial charge in [0.1, 0.15) is 5.82 Å². The number of furan rings is 1. The molecule has 3 aromatic heterocycles. The van der Waals surface area contributed by atoms with Gasteiger partial charge in [0, 0.05) is 64.5 Å². The molecule has 14 heteroatoms. The van der Waals surface area contributed by atoms with Gasteiger partial charge in [-0.1, -0.05) is 0 Å². The fourth-order valence-corrected chi connectivity index (χ4v) is 4.88. The molecule has 1 fully saturated rings. The minimum atomic E-state index is -0.389. The second kappa shape index (κ2) is 12.1. The minimum Gasteiger partial charge on any atom is -0.461 e. The van der Waals surface area contributed by atoms with E-state index in [1.165, 1.54) is 10.6 Å². The van der Waals surface area contributed by atoms with Gasteiger partial charge in [-0.25, -0.2) is 4.39 Å². The molecule has 1 amide bonds. The maximum atomic E-state index is 15.0. The number of nitrogens with two attached hydrogens (primary N) is 1. The van der Waals surface area contributed by atoms with Crippen LogP contribution in [0.3, 0.4) is 0 Å². The first-order valence-electron chi connectivity index (χ1n) is 13.6. The Bertz CT molecular complexity index is 1480. The van der Waals surface area contributed by atoms with Crippen LogP contribution >= 0.6 is 0 Å². The first-order chi connectivity index (χ1) is 19.7. The van der Waals surface area contributed by atoms with Crippen LogP contribution in [0.25, 0.3) is 17.4 Å². The van der Waals surface area contributed by atoms with Gasteiger partial charge < -0.3 is 30.2 Å². The molecule has 3 N–H and O–H groups in total. The molecule has 5 rings (SSSR count). The lowest BCUT2D eigenvalue weighted by Crippen LogP contribution is -2.48. The number of nitrogen functional groups attached to an aromatic ring is 1. The molecule has 41 heavy (non-hydrogen) atoms. The number of amides is 1. The number of piperazine rings is 1. The number of carbonyl (C=O) groups is 1. The van der Waals surface area contributed by atoms with E-state index in [2.05, 4.69) is 30.3 Å². The van der Waals surface area contributed by atoms with Crippen molar-refractivity contribution in [2.45, 2.75) is 13.0 Å². The van der Waals surface area contributed by atoms with E-state index in [0.717, 1.165) is 19.6 Å². The SMILES string of the molecule is CC(CN(C)C)NC(=O)c1ccc(N2CCN(CCN(C)c3nc(N)n4nc(-c5ccco5)nc4n3)CC2)c(F)c1. The summed E-state index contributed by atoms with van der Waals surface area (Å²) in [5.74, 6) is 1.23. The Morgan fingerprint density at radius 2 is 1.93 bits per heavy atom. The largest absolute Gasteiger partial charge is 0.461 e. The summed E-state index contributed by atoms with van der Waals surface area (Å²) in [5.41, 5.74) is 6.96. The number of likely N-dealkylation sites (N-methyl/N-ethyl adjacent to an activating group) is 2. The number of anilines is 3. The number of nitrogens with zero attached hydrogens (tertiary/aromatic N) is 9. The van der Waals surface area contributed by atoms with E-state index in [1.807, 2.05) is 42.8 Å². The van der Waals surface area contributed by atoms with Crippen molar-refractivity contribution >= 4 is 29.3 Å². The van der Waals surface area contributed by atoms with Crippen LogP contribution in [0.2, 0.25) is 0 Å². The second-order valence-electron chi connectivity index (χ2n) is 10.6. The zero-order valence-electron chi connectivity index (χ0n) is 23.8. The maximum Gasteiger partial charge on any atom is 0.259 e. The van der Waals surface area contributed by atoms with Crippen molar-refractivity contribution < 1.29 is 13.6 Å². The van der Waals surface area contributed by atoms with E-state index >= 15 is 4.39 Å². The third kappa shape index (κ3) is 6.55. The number of fused-ring (bicyclic) bond motifs is 1. The van der Waals surface area contributed by atoms with E-state index in [9.17, 15) is 4.79 Å². The highest BCUT2D eigenvalue weighted by atomic mass is 19.1. The molecule has 0 spiro atoms. The van der Waals surface area contributed by atoms with Crippen LogP contribution in [0, 0.1) is 5.82 Å². The average Bonchev–Trinajstić information content (AvgIpc) is 3.62. The van der Waals surface area contributed by atoms with Crippen LogP contribution in [0.1, 0.15) is 17.3 Å². The Hall–Kier alpha value is -4.30. The van der Waals surface area contributed by atoms with Crippen LogP contribution in [0.15, 0.2) is 41.0 Å². The lowest BCUT2D eigenvalue weighted by atomic mass is 10.1. The molecule has 218 valence electrons. The molecule has 4 aromatic rings. The predicted octanol–water partition coefficient (Wildman–Crippen LogP) is 1.44. The topological polar surface area (TPSA) is 137 Å². The molecule has 1 aromatic carbocycles. The number of benzene rings is 1. The van der Waals surface area contributed by atoms with Gasteiger partial charge in [-0.3, -0.25) is 9.69 Å². The summed E-state index contributed by atoms with van der Waals surface area (Å²) in [6, 6.07) is 8.20. The van der Waals surface area contributed by atoms with Gasteiger partial charge in [-0.15, -0.1) is 5.10 Å². The highest BCUT2D eigenvalue weighted by Crippen LogP contribution is 2.23. The molecule has 13 nitrogen and oxygen atoms in total. The summed E-state index contributed by atoms with van der Waals surface area (Å²) in [7, 11) is 5.79. The molecule has 1 atom stereocenters. The summed E-state index contributed by atoms with van der Waals surface area (Å²) in [6.07, 6.45) is 1.55. The lowest BCUT2D eigenvalue weighted by Gasteiger charge is -2.36. The highest BCUT2D eigenvalue weighted by molar-refractivity contribution is 5.94. The highest BCUT2D eigenvalue weighted by Gasteiger charge is 2.22. The van der Waals surface area contributed by atoms with E-state index in [4.69, 9.17) is 10.2 Å². The molecular weight excluding hydrogens is 529 g/mol. The van der Waals surface area contributed by atoms with Crippen molar-refractivity contribution in [3.05, 3.63) is 48.0 Å². The Labute approximate surface area is 237 Å². The summed E-state index contributed by atoms with van der Waals surface area (Å²) in [6.45, 7) is 6.98. The lowest BCUT2D eigenvalue weighted by molar-refractivity contribution is 0.0934. The van der Waals surface area contributed by atoms with Crippen LogP contribution < -0.4 is 20.9 Å². The van der Waals surface area contributed by atoms with Crippen molar-refractivity contribution in [1.82, 2.24) is 39.7 Å². The predicted molar refractivity (Wildman–Crippen MR) is 154 cm³/mol. The number of carbonyl (C=O) groups excluding carboxylic acids is 1. The molecule has 1 aliphatic heterocycles. The fourth-order valence-electron chi connectivity index (χ4n) is 4.88. The van der Waals surface area contributed by atoms with Crippen molar-refractivity contribution in [3.63, 3.8) is 0 Å². The quantitative estimate of drug-likeness (QED) is 0.289. The molecule has 0 aliphatic carbocycles. The summed E-state index contributed by atoms with van der Waals surface area (Å²) in [4.78, 5) is 34.1. The van der Waals surface area contributed by atoms with Gasteiger partial charge >= 0.3 is 0 Å². The summed E-state index contributed by atoms with van der Waals surface area (Å²) in [5, 5.41) is 7.24. The van der Waals surface area contributed by atoms with E-state index in [1.54, 1.807) is 30.5 Å². The smallest absolute Gasteiger partial charge is 0.259 e. The van der Waals surface area contributed by atoms with Crippen molar-refractivity contribution in [2.24, 2.45) is 0 Å². The van der Waals surface area contributed by atoms with Gasteiger partial charge in [0.05, 0.1) is 12.0 Å². The number of hydrogen-bond acceptors (Lipinski definition) is 11. The van der Waals surface area contributed by atoms with Gasteiger partial charge in [-0.05, 0) is 51.4 Å². The number of halogens is 1. The molecule has 4 heterocycles. The number of aromatic nitrogens is 5. The number of hydrogen-bond donors (Lipinski definition) is 2.